The number of rotatable bonds is 7. The van der Waals surface area contributed by atoms with E-state index in [-0.39, 0.29) is 28.5 Å². The normalized spacial score (nSPS) is 11.3. The molecule has 2 amide bonds. The zero-order valence-corrected chi connectivity index (χ0v) is 18.3. The Kier molecular flexibility index (Phi) is 6.67. The minimum Gasteiger partial charge on any atom is -0.371 e. The number of nitrogens with one attached hydrogen (secondary N) is 3. The number of tetrazole rings is 1. The van der Waals surface area contributed by atoms with Gasteiger partial charge in [-0.3, -0.25) is 35.5 Å². The molecule has 2 aromatic heterocycles. The first-order chi connectivity index (χ1) is 16.9. The van der Waals surface area contributed by atoms with Crippen molar-refractivity contribution in [3.8, 4) is 5.69 Å². The van der Waals surface area contributed by atoms with Gasteiger partial charge in [0.1, 0.15) is 12.0 Å². The summed E-state index contributed by atoms with van der Waals surface area (Å²) in [6, 6.07) is 15.4. The smallest absolute Gasteiger partial charge is 0.293 e. The molecule has 0 saturated carbocycles. The minimum absolute atomic E-state index is 0.00192. The first-order valence-corrected chi connectivity index (χ1v) is 10.3. The fraction of sp³-hybridized carbons (Fsp3) is 0.0909. The fourth-order valence-corrected chi connectivity index (χ4v) is 3.19. The van der Waals surface area contributed by atoms with Crippen LogP contribution in [0.4, 0.5) is 11.4 Å². The summed E-state index contributed by atoms with van der Waals surface area (Å²) in [6.45, 7) is 1.82. The van der Waals surface area contributed by atoms with Crippen molar-refractivity contribution in [1.29, 1.82) is 0 Å². The summed E-state index contributed by atoms with van der Waals surface area (Å²) in [5.41, 5.74) is 6.13. The van der Waals surface area contributed by atoms with Crippen molar-refractivity contribution in [2.75, 3.05) is 5.32 Å². The third-order valence-electron chi connectivity index (χ3n) is 4.99. The van der Waals surface area contributed by atoms with Crippen LogP contribution in [-0.4, -0.2) is 41.9 Å². The second kappa shape index (κ2) is 10.2. The van der Waals surface area contributed by atoms with Gasteiger partial charge in [-0.05, 0) is 65.9 Å². The van der Waals surface area contributed by atoms with Gasteiger partial charge in [-0.2, -0.15) is 0 Å². The van der Waals surface area contributed by atoms with Crippen LogP contribution < -0.4 is 16.2 Å². The highest BCUT2D eigenvalue weighted by Gasteiger charge is 2.20. The number of aromatic nitrogens is 5. The summed E-state index contributed by atoms with van der Waals surface area (Å²) in [5, 5.41) is 25.5. The Morgan fingerprint density at radius 3 is 2.34 bits per heavy atom. The molecule has 0 spiro atoms. The maximum atomic E-state index is 12.5. The third kappa shape index (κ3) is 5.42. The number of hydrogen-bond donors (Lipinski definition) is 3. The molecule has 0 aliphatic rings. The largest absolute Gasteiger partial charge is 0.371 e. The molecule has 13 nitrogen and oxygen atoms in total. The number of nitro benzene ring substituents is 1. The van der Waals surface area contributed by atoms with Gasteiger partial charge in [-0.1, -0.05) is 6.07 Å². The van der Waals surface area contributed by atoms with Crippen LogP contribution in [0.1, 0.15) is 39.4 Å². The summed E-state index contributed by atoms with van der Waals surface area (Å²) in [4.78, 5) is 40.1. The molecule has 0 aliphatic heterocycles. The molecule has 35 heavy (non-hydrogen) atoms. The van der Waals surface area contributed by atoms with Crippen LogP contribution >= 0.6 is 0 Å². The molecule has 176 valence electrons. The predicted molar refractivity (Wildman–Crippen MR) is 123 cm³/mol. The van der Waals surface area contributed by atoms with Gasteiger partial charge in [0.2, 0.25) is 0 Å². The minimum atomic E-state index is -0.712. The molecule has 0 saturated heterocycles. The molecule has 0 aliphatic carbocycles. The van der Waals surface area contributed by atoms with Gasteiger partial charge in [0.05, 0.1) is 22.3 Å². The highest BCUT2D eigenvalue weighted by Crippen LogP contribution is 2.28. The number of hydrazine groups is 1. The quantitative estimate of drug-likeness (QED) is 0.269. The van der Waals surface area contributed by atoms with Crippen LogP contribution in [0.3, 0.4) is 0 Å². The lowest BCUT2D eigenvalue weighted by molar-refractivity contribution is -0.384. The van der Waals surface area contributed by atoms with Crippen molar-refractivity contribution in [3.05, 3.63) is 100 Å². The summed E-state index contributed by atoms with van der Waals surface area (Å²) in [6.07, 6.45) is 3.04. The Bertz CT molecular complexity index is 1340. The monoisotopic (exact) mass is 473 g/mol. The van der Waals surface area contributed by atoms with Crippen molar-refractivity contribution in [2.24, 2.45) is 0 Å². The number of nitrogens with zero attached hydrogens (tertiary/aromatic N) is 6. The Balaban J connectivity index is 1.41. The van der Waals surface area contributed by atoms with E-state index in [0.717, 1.165) is 6.07 Å². The van der Waals surface area contributed by atoms with Gasteiger partial charge in [0.25, 0.3) is 17.5 Å². The van der Waals surface area contributed by atoms with Gasteiger partial charge >= 0.3 is 0 Å². The van der Waals surface area contributed by atoms with Crippen LogP contribution in [0.25, 0.3) is 5.69 Å². The number of pyridine rings is 1. The van der Waals surface area contributed by atoms with E-state index in [1.165, 1.54) is 35.3 Å². The van der Waals surface area contributed by atoms with Crippen LogP contribution in [0.5, 0.6) is 0 Å². The summed E-state index contributed by atoms with van der Waals surface area (Å²) >= 11 is 0. The van der Waals surface area contributed by atoms with Crippen molar-refractivity contribution < 1.29 is 14.5 Å². The number of nitro groups is 1. The van der Waals surface area contributed by atoms with Gasteiger partial charge in [-0.15, -0.1) is 5.10 Å². The van der Waals surface area contributed by atoms with Crippen LogP contribution in [0, 0.1) is 10.1 Å². The summed E-state index contributed by atoms with van der Waals surface area (Å²) in [5.74, 6) is -1.28. The molecule has 2 heterocycles. The predicted octanol–water partition coefficient (Wildman–Crippen LogP) is 2.21. The van der Waals surface area contributed by atoms with Crippen LogP contribution in [-0.2, 0) is 0 Å². The molecule has 0 fully saturated rings. The Hall–Kier alpha value is -5.20. The highest BCUT2D eigenvalue weighted by atomic mass is 16.6. The van der Waals surface area contributed by atoms with E-state index < -0.39 is 16.7 Å². The average molecular weight is 473 g/mol. The molecule has 0 radical (unpaired) electrons. The van der Waals surface area contributed by atoms with Crippen molar-refractivity contribution in [1.82, 2.24) is 36.0 Å². The number of amides is 2. The van der Waals surface area contributed by atoms with Gasteiger partial charge < -0.3 is 5.32 Å². The molecule has 1 unspecified atom stereocenters. The van der Waals surface area contributed by atoms with Crippen molar-refractivity contribution >= 4 is 23.2 Å². The van der Waals surface area contributed by atoms with E-state index in [9.17, 15) is 19.7 Å². The molecule has 13 heteroatoms. The average Bonchev–Trinajstić information content (AvgIpc) is 3.43. The first kappa shape index (κ1) is 23.0. The van der Waals surface area contributed by atoms with E-state index in [2.05, 4.69) is 36.7 Å². The maximum absolute atomic E-state index is 12.5. The third-order valence-corrected chi connectivity index (χ3v) is 4.99. The number of carbonyl (C=O) groups is 2. The van der Waals surface area contributed by atoms with E-state index in [0.29, 0.717) is 11.4 Å². The fourth-order valence-electron chi connectivity index (χ4n) is 3.19. The maximum Gasteiger partial charge on any atom is 0.293 e. The van der Waals surface area contributed by atoms with Crippen LogP contribution in [0.2, 0.25) is 0 Å². The van der Waals surface area contributed by atoms with E-state index in [1.54, 1.807) is 30.5 Å². The standard InChI is InChI=1S/C22H19N9O4/c1-14(18-4-2-3-11-23-18)25-19-10-7-16(12-20(19)31(34)35)22(33)27-26-21(32)15-5-8-17(9-6-15)30-13-24-28-29-30/h2-14,25H,1H3,(H,26,32)(H,27,33). The van der Waals surface area contributed by atoms with Gasteiger partial charge in [0.15, 0.2) is 0 Å². The second-order valence-corrected chi connectivity index (χ2v) is 7.32. The van der Waals surface area contributed by atoms with Crippen molar-refractivity contribution in [3.63, 3.8) is 0 Å². The van der Waals surface area contributed by atoms with Gasteiger partial charge in [0, 0.05) is 23.4 Å². The number of hydrogen-bond acceptors (Lipinski definition) is 9. The molecular formula is C22H19N9O4. The Morgan fingerprint density at radius 1 is 1.00 bits per heavy atom. The summed E-state index contributed by atoms with van der Waals surface area (Å²) < 4.78 is 1.42. The Labute approximate surface area is 198 Å². The molecule has 2 aromatic carbocycles. The van der Waals surface area contributed by atoms with E-state index >= 15 is 0 Å². The van der Waals surface area contributed by atoms with E-state index in [1.807, 2.05) is 13.0 Å². The summed E-state index contributed by atoms with van der Waals surface area (Å²) in [7, 11) is 0. The molecule has 4 aromatic rings. The van der Waals surface area contributed by atoms with Crippen molar-refractivity contribution in [2.45, 2.75) is 13.0 Å². The van der Waals surface area contributed by atoms with E-state index in [4.69, 9.17) is 0 Å². The zero-order chi connectivity index (χ0) is 24.8. The highest BCUT2D eigenvalue weighted by molar-refractivity contribution is 5.99. The number of anilines is 1. The lowest BCUT2D eigenvalue weighted by Gasteiger charge is -2.15. The molecule has 4 rings (SSSR count). The number of carbonyl (C=O) groups excluding carboxylic acids is 2. The Morgan fingerprint density at radius 2 is 1.71 bits per heavy atom. The van der Waals surface area contributed by atoms with Crippen LogP contribution in [0.15, 0.2) is 73.2 Å². The SMILES string of the molecule is CC(Nc1ccc(C(=O)NNC(=O)c2ccc(-n3cnnn3)cc2)cc1[N+](=O)[O-])c1ccccn1. The molecule has 1 atom stereocenters. The number of benzene rings is 2. The molecule has 3 N–H and O–H groups in total. The van der Waals surface area contributed by atoms with Gasteiger partial charge in [-0.25, -0.2) is 4.68 Å². The lowest BCUT2D eigenvalue weighted by Crippen LogP contribution is -2.41. The second-order valence-electron chi connectivity index (χ2n) is 7.32. The topological polar surface area (TPSA) is 170 Å². The molecular weight excluding hydrogens is 454 g/mol. The molecule has 0 bridgehead atoms. The first-order valence-electron chi connectivity index (χ1n) is 10.3. The lowest BCUT2D eigenvalue weighted by atomic mass is 10.1. The zero-order valence-electron chi connectivity index (χ0n) is 18.3.